The summed E-state index contributed by atoms with van der Waals surface area (Å²) in [5.41, 5.74) is -4.90. The van der Waals surface area contributed by atoms with E-state index in [1.54, 1.807) is 12.1 Å². The highest BCUT2D eigenvalue weighted by molar-refractivity contribution is 6.03. The maximum atomic E-state index is 13.5. The van der Waals surface area contributed by atoms with Crippen LogP contribution in [0.3, 0.4) is 0 Å². The molecule has 2 heterocycles. The zero-order chi connectivity index (χ0) is 35.8. The number of pyridine rings is 2. The normalized spacial score (nSPS) is 12.7. The standard InChI is InChI=1S/C33H48N8O6/c1-20(2)19-23(25(43)39-33(9,10)29(47)40-30(3,4)26(44)36-22-13-17-35-18-14-22)37-27(45)31(5,6)41-28(46)32(7,8)38-24(42)21-11-15-34-16-12-21/h11-18,20,23H,19H2,1-10H3,(H,37,45)(H,38,42)(H,39,43)(H,40,47)(H,41,46)(H,35,36,44)/t23-/m0/s1. The molecular weight excluding hydrogens is 604 g/mol. The molecule has 6 amide bonds. The first-order chi connectivity index (χ1) is 21.6. The Morgan fingerprint density at radius 1 is 0.596 bits per heavy atom. The molecule has 0 aliphatic carbocycles. The van der Waals surface area contributed by atoms with Crippen molar-refractivity contribution in [3.8, 4) is 0 Å². The van der Waals surface area contributed by atoms with Crippen LogP contribution in [0.1, 0.15) is 86.0 Å². The Balaban J connectivity index is 2.09. The molecule has 0 fully saturated rings. The van der Waals surface area contributed by atoms with Crippen LogP contribution in [0.15, 0.2) is 49.1 Å². The van der Waals surface area contributed by atoms with Gasteiger partial charge >= 0.3 is 0 Å². The number of anilines is 1. The molecule has 47 heavy (non-hydrogen) atoms. The highest BCUT2D eigenvalue weighted by Gasteiger charge is 2.41. The number of carbonyl (C=O) groups is 6. The predicted octanol–water partition coefficient (Wildman–Crippen LogP) is 1.84. The van der Waals surface area contributed by atoms with E-state index in [1.807, 2.05) is 13.8 Å². The molecule has 2 aromatic rings. The van der Waals surface area contributed by atoms with E-state index in [2.05, 4.69) is 41.9 Å². The third-order valence-electron chi connectivity index (χ3n) is 7.19. The second-order valence-electron chi connectivity index (χ2n) is 13.9. The van der Waals surface area contributed by atoms with Gasteiger partial charge in [-0.3, -0.25) is 38.7 Å². The monoisotopic (exact) mass is 652 g/mol. The van der Waals surface area contributed by atoms with Crippen LogP contribution < -0.4 is 31.9 Å². The van der Waals surface area contributed by atoms with E-state index in [1.165, 1.54) is 92.3 Å². The van der Waals surface area contributed by atoms with E-state index in [-0.39, 0.29) is 12.3 Å². The minimum Gasteiger partial charge on any atom is -0.342 e. The van der Waals surface area contributed by atoms with Gasteiger partial charge in [-0.25, -0.2) is 0 Å². The zero-order valence-corrected chi connectivity index (χ0v) is 28.8. The number of carbonyl (C=O) groups excluding carboxylic acids is 6. The van der Waals surface area contributed by atoms with E-state index < -0.39 is 63.6 Å². The van der Waals surface area contributed by atoms with Crippen molar-refractivity contribution in [3.63, 3.8) is 0 Å². The topological polar surface area (TPSA) is 200 Å². The molecule has 0 bridgehead atoms. The Hall–Kier alpha value is -4.88. The molecule has 0 aliphatic rings. The van der Waals surface area contributed by atoms with Crippen LogP contribution in [0.2, 0.25) is 0 Å². The van der Waals surface area contributed by atoms with Crippen molar-refractivity contribution in [3.05, 3.63) is 54.6 Å². The molecule has 0 saturated carbocycles. The van der Waals surface area contributed by atoms with Gasteiger partial charge in [0.25, 0.3) is 5.91 Å². The summed E-state index contributed by atoms with van der Waals surface area (Å²) in [6.07, 6.45) is 6.18. The highest BCUT2D eigenvalue weighted by Crippen LogP contribution is 2.15. The van der Waals surface area contributed by atoms with Crippen LogP contribution >= 0.6 is 0 Å². The van der Waals surface area contributed by atoms with E-state index >= 15 is 0 Å². The molecular formula is C33H48N8O6. The van der Waals surface area contributed by atoms with E-state index in [4.69, 9.17) is 0 Å². The second-order valence-corrected chi connectivity index (χ2v) is 13.9. The fourth-order valence-corrected chi connectivity index (χ4v) is 4.13. The van der Waals surface area contributed by atoms with E-state index in [0.717, 1.165) is 0 Å². The van der Waals surface area contributed by atoms with Crippen LogP contribution in [0.25, 0.3) is 0 Å². The van der Waals surface area contributed by atoms with Gasteiger partial charge in [0.15, 0.2) is 0 Å². The van der Waals surface area contributed by atoms with Gasteiger partial charge in [-0.1, -0.05) is 13.8 Å². The maximum absolute atomic E-state index is 13.5. The molecule has 0 saturated heterocycles. The second kappa shape index (κ2) is 15.1. The molecule has 256 valence electrons. The lowest BCUT2D eigenvalue weighted by Crippen LogP contribution is -2.66. The Kier molecular flexibility index (Phi) is 12.3. The maximum Gasteiger partial charge on any atom is 0.252 e. The van der Waals surface area contributed by atoms with Gasteiger partial charge in [-0.2, -0.15) is 0 Å². The summed E-state index contributed by atoms with van der Waals surface area (Å²) >= 11 is 0. The number of hydrogen-bond donors (Lipinski definition) is 6. The minimum absolute atomic E-state index is 0.0289. The minimum atomic E-state index is -1.50. The summed E-state index contributed by atoms with van der Waals surface area (Å²) in [6.45, 7) is 15.7. The number of amides is 6. The number of hydrogen-bond acceptors (Lipinski definition) is 8. The highest BCUT2D eigenvalue weighted by atomic mass is 16.2. The first kappa shape index (κ1) is 38.3. The van der Waals surface area contributed by atoms with Crippen LogP contribution in [0.4, 0.5) is 5.69 Å². The number of nitrogens with one attached hydrogen (secondary N) is 6. The van der Waals surface area contributed by atoms with Gasteiger partial charge < -0.3 is 31.9 Å². The van der Waals surface area contributed by atoms with Crippen molar-refractivity contribution >= 4 is 41.1 Å². The predicted molar refractivity (Wildman–Crippen MR) is 177 cm³/mol. The average Bonchev–Trinajstić information content (AvgIpc) is 2.96. The zero-order valence-electron chi connectivity index (χ0n) is 28.8. The first-order valence-electron chi connectivity index (χ1n) is 15.3. The quantitative estimate of drug-likeness (QED) is 0.177. The number of nitrogens with zero attached hydrogens (tertiary/aromatic N) is 2. The molecule has 2 rings (SSSR count). The summed E-state index contributed by atoms with van der Waals surface area (Å²) in [5.74, 6) is -3.53. The van der Waals surface area contributed by atoms with Gasteiger partial charge in [-0.15, -0.1) is 0 Å². The first-order valence-corrected chi connectivity index (χ1v) is 15.3. The summed E-state index contributed by atoms with van der Waals surface area (Å²) < 4.78 is 0. The Morgan fingerprint density at radius 3 is 1.51 bits per heavy atom. The summed E-state index contributed by atoms with van der Waals surface area (Å²) in [5, 5.41) is 16.1. The van der Waals surface area contributed by atoms with E-state index in [0.29, 0.717) is 11.3 Å². The van der Waals surface area contributed by atoms with Crippen molar-refractivity contribution in [1.82, 2.24) is 36.6 Å². The molecule has 2 aromatic heterocycles. The van der Waals surface area contributed by atoms with Gasteiger partial charge in [0.2, 0.25) is 29.5 Å². The fraction of sp³-hybridized carbons (Fsp3) is 0.515. The summed E-state index contributed by atoms with van der Waals surface area (Å²) in [7, 11) is 0. The number of rotatable bonds is 14. The molecule has 1 atom stereocenters. The molecule has 0 radical (unpaired) electrons. The van der Waals surface area contributed by atoms with Crippen LogP contribution in [0.5, 0.6) is 0 Å². The Bertz CT molecular complexity index is 1460. The summed E-state index contributed by atoms with van der Waals surface area (Å²) in [4.78, 5) is 86.8. The van der Waals surface area contributed by atoms with Gasteiger partial charge in [-0.05, 0) is 92.0 Å². The lowest BCUT2D eigenvalue weighted by Gasteiger charge is -2.34. The molecule has 6 N–H and O–H groups in total. The molecule has 14 nitrogen and oxygen atoms in total. The van der Waals surface area contributed by atoms with Crippen molar-refractivity contribution < 1.29 is 28.8 Å². The molecule has 0 aliphatic heterocycles. The number of aromatic nitrogens is 2. The van der Waals surface area contributed by atoms with E-state index in [9.17, 15) is 28.8 Å². The van der Waals surface area contributed by atoms with Crippen LogP contribution in [0, 0.1) is 5.92 Å². The van der Waals surface area contributed by atoms with Gasteiger partial charge in [0.05, 0.1) is 0 Å². The van der Waals surface area contributed by atoms with Crippen molar-refractivity contribution in [1.29, 1.82) is 0 Å². The average molecular weight is 653 g/mol. The Morgan fingerprint density at radius 2 is 1.02 bits per heavy atom. The van der Waals surface area contributed by atoms with Gasteiger partial charge in [0, 0.05) is 36.0 Å². The molecule has 14 heteroatoms. The lowest BCUT2D eigenvalue weighted by molar-refractivity contribution is -0.139. The third kappa shape index (κ3) is 11.2. The largest absolute Gasteiger partial charge is 0.342 e. The third-order valence-corrected chi connectivity index (χ3v) is 7.19. The molecule has 0 aromatic carbocycles. The Labute approximate surface area is 276 Å². The van der Waals surface area contributed by atoms with Crippen molar-refractivity contribution in [2.75, 3.05) is 5.32 Å². The van der Waals surface area contributed by atoms with Crippen LogP contribution in [-0.2, 0) is 24.0 Å². The van der Waals surface area contributed by atoms with Gasteiger partial charge in [0.1, 0.15) is 28.2 Å². The lowest BCUT2D eigenvalue weighted by atomic mass is 9.95. The van der Waals surface area contributed by atoms with Crippen molar-refractivity contribution in [2.24, 2.45) is 5.92 Å². The molecule has 0 unspecified atom stereocenters. The summed E-state index contributed by atoms with van der Waals surface area (Å²) in [6, 6.07) is 5.17. The molecule has 0 spiro atoms. The SMILES string of the molecule is CC(C)C[C@H](NC(=O)C(C)(C)NC(=O)C(C)(C)NC(=O)c1ccncc1)C(=O)NC(C)(C)C(=O)NC(C)(C)C(=O)Nc1ccncc1. The van der Waals surface area contributed by atoms with Crippen LogP contribution in [-0.4, -0.2) is 73.6 Å². The smallest absolute Gasteiger partial charge is 0.252 e. The van der Waals surface area contributed by atoms with Crippen molar-refractivity contribution in [2.45, 2.75) is 104 Å². The fourth-order valence-electron chi connectivity index (χ4n) is 4.13.